The molecule has 12 heavy (non-hydrogen) atoms. The van der Waals surface area contributed by atoms with E-state index in [4.69, 9.17) is 16.3 Å². The molecule has 0 radical (unpaired) electrons. The molecule has 0 saturated carbocycles. The molecule has 0 aliphatic rings. The predicted octanol–water partition coefficient (Wildman–Crippen LogP) is 3.72. The monoisotopic (exact) mass is 246 g/mol. The van der Waals surface area contributed by atoms with E-state index < -0.39 is 0 Å². The van der Waals surface area contributed by atoms with Gasteiger partial charge in [-0.1, -0.05) is 33.6 Å². The summed E-state index contributed by atoms with van der Waals surface area (Å²) < 4.78 is 5.76. The topological polar surface area (TPSA) is 9.23 Å². The number of hydrogen-bond donors (Lipinski definition) is 0. The summed E-state index contributed by atoms with van der Waals surface area (Å²) in [7, 11) is 1.61. The molecular weight excluding hydrogens is 239 g/mol. The van der Waals surface area contributed by atoms with Crippen molar-refractivity contribution in [1.82, 2.24) is 0 Å². The lowest BCUT2D eigenvalue weighted by atomic mass is 10.2. The van der Waals surface area contributed by atoms with Crippen molar-refractivity contribution >= 4 is 33.6 Å². The number of hydrogen-bond acceptors (Lipinski definition) is 1. The number of halogens is 2. The van der Waals surface area contributed by atoms with Crippen molar-refractivity contribution in [3.63, 3.8) is 0 Å². The molecule has 0 aliphatic heterocycles. The Morgan fingerprint density at radius 3 is 2.83 bits per heavy atom. The minimum absolute atomic E-state index is 0.719. The van der Waals surface area contributed by atoms with Crippen LogP contribution < -0.4 is 0 Å². The summed E-state index contributed by atoms with van der Waals surface area (Å²) in [6, 6.07) is 5.60. The highest BCUT2D eigenvalue weighted by molar-refractivity contribution is 9.10. The SMILES string of the molecule is COC=Cc1ccc(Cl)cc1Br. The van der Waals surface area contributed by atoms with Crippen LogP contribution in [0.25, 0.3) is 6.08 Å². The Balaban J connectivity index is 2.94. The molecule has 0 fully saturated rings. The van der Waals surface area contributed by atoms with Crippen LogP contribution >= 0.6 is 27.5 Å². The van der Waals surface area contributed by atoms with Crippen LogP contribution in [-0.4, -0.2) is 7.11 Å². The van der Waals surface area contributed by atoms with Crippen molar-refractivity contribution in [2.24, 2.45) is 0 Å². The Kier molecular flexibility index (Phi) is 3.63. The van der Waals surface area contributed by atoms with Crippen molar-refractivity contribution in [3.05, 3.63) is 39.5 Å². The third-order valence-electron chi connectivity index (χ3n) is 1.35. The molecule has 3 heteroatoms. The van der Waals surface area contributed by atoms with E-state index >= 15 is 0 Å². The lowest BCUT2D eigenvalue weighted by Crippen LogP contribution is -1.75. The molecule has 1 aromatic rings. The molecule has 0 heterocycles. The molecule has 0 aliphatic carbocycles. The van der Waals surface area contributed by atoms with E-state index in [1.807, 2.05) is 24.3 Å². The molecule has 0 saturated heterocycles. The maximum absolute atomic E-state index is 5.77. The van der Waals surface area contributed by atoms with Gasteiger partial charge in [0.1, 0.15) is 0 Å². The molecule has 1 rings (SSSR count). The zero-order valence-electron chi connectivity index (χ0n) is 6.55. The molecular formula is C9H8BrClO. The molecule has 0 N–H and O–H groups in total. The molecule has 0 amide bonds. The standard InChI is InChI=1S/C9H8BrClO/c1-12-5-4-7-2-3-8(11)6-9(7)10/h2-6H,1H3. The van der Waals surface area contributed by atoms with E-state index in [1.165, 1.54) is 0 Å². The van der Waals surface area contributed by atoms with Crippen molar-refractivity contribution in [2.45, 2.75) is 0 Å². The van der Waals surface area contributed by atoms with Crippen LogP contribution in [0.4, 0.5) is 0 Å². The smallest absolute Gasteiger partial charge is 0.0830 e. The van der Waals surface area contributed by atoms with Crippen LogP contribution in [0.3, 0.4) is 0 Å². The summed E-state index contributed by atoms with van der Waals surface area (Å²) in [6.07, 6.45) is 3.48. The van der Waals surface area contributed by atoms with Gasteiger partial charge in [-0.15, -0.1) is 0 Å². The maximum atomic E-state index is 5.77. The molecule has 0 atom stereocenters. The molecule has 0 spiro atoms. The fourth-order valence-corrected chi connectivity index (χ4v) is 1.59. The van der Waals surface area contributed by atoms with Gasteiger partial charge in [-0.25, -0.2) is 0 Å². The first kappa shape index (κ1) is 9.62. The average Bonchev–Trinajstić information content (AvgIpc) is 2.03. The van der Waals surface area contributed by atoms with E-state index in [-0.39, 0.29) is 0 Å². The summed E-state index contributed by atoms with van der Waals surface area (Å²) in [6.45, 7) is 0. The van der Waals surface area contributed by atoms with E-state index in [0.717, 1.165) is 15.1 Å². The second-order valence-corrected chi connectivity index (χ2v) is 3.50. The van der Waals surface area contributed by atoms with Crippen LogP contribution in [0, 0.1) is 0 Å². The Morgan fingerprint density at radius 1 is 1.50 bits per heavy atom. The molecule has 0 unspecified atom stereocenters. The number of rotatable bonds is 2. The minimum atomic E-state index is 0.719. The highest BCUT2D eigenvalue weighted by Gasteiger charge is 1.95. The molecule has 64 valence electrons. The van der Waals surface area contributed by atoms with Crippen LogP contribution in [0.5, 0.6) is 0 Å². The predicted molar refractivity (Wildman–Crippen MR) is 55.2 cm³/mol. The minimum Gasteiger partial charge on any atom is -0.504 e. The van der Waals surface area contributed by atoms with Crippen LogP contribution in [0.2, 0.25) is 5.02 Å². The largest absolute Gasteiger partial charge is 0.504 e. The van der Waals surface area contributed by atoms with Crippen molar-refractivity contribution in [2.75, 3.05) is 7.11 Å². The van der Waals surface area contributed by atoms with Gasteiger partial charge >= 0.3 is 0 Å². The van der Waals surface area contributed by atoms with Gasteiger partial charge in [0.05, 0.1) is 13.4 Å². The summed E-state index contributed by atoms with van der Waals surface area (Å²) in [5, 5.41) is 0.719. The lowest BCUT2D eigenvalue weighted by molar-refractivity contribution is 0.341. The van der Waals surface area contributed by atoms with E-state index in [2.05, 4.69) is 15.9 Å². The Hall–Kier alpha value is -0.470. The highest BCUT2D eigenvalue weighted by atomic mass is 79.9. The Labute approximate surface area is 85.1 Å². The van der Waals surface area contributed by atoms with E-state index in [9.17, 15) is 0 Å². The Bertz CT molecular complexity index is 297. The van der Waals surface area contributed by atoms with Crippen molar-refractivity contribution < 1.29 is 4.74 Å². The van der Waals surface area contributed by atoms with Gasteiger partial charge in [0.2, 0.25) is 0 Å². The molecule has 1 aromatic carbocycles. The number of benzene rings is 1. The first-order chi connectivity index (χ1) is 5.74. The van der Waals surface area contributed by atoms with E-state index in [1.54, 1.807) is 13.4 Å². The summed E-state index contributed by atoms with van der Waals surface area (Å²) in [5.41, 5.74) is 1.04. The summed E-state index contributed by atoms with van der Waals surface area (Å²) >= 11 is 9.15. The van der Waals surface area contributed by atoms with E-state index in [0.29, 0.717) is 0 Å². The van der Waals surface area contributed by atoms with Crippen LogP contribution in [0.1, 0.15) is 5.56 Å². The molecule has 1 nitrogen and oxygen atoms in total. The zero-order chi connectivity index (χ0) is 8.97. The summed E-state index contributed by atoms with van der Waals surface area (Å²) in [4.78, 5) is 0. The van der Waals surface area contributed by atoms with Gasteiger partial charge in [-0.05, 0) is 23.8 Å². The zero-order valence-corrected chi connectivity index (χ0v) is 8.89. The fraction of sp³-hybridized carbons (Fsp3) is 0.111. The quantitative estimate of drug-likeness (QED) is 0.724. The van der Waals surface area contributed by atoms with Crippen LogP contribution in [0.15, 0.2) is 28.9 Å². The average molecular weight is 248 g/mol. The summed E-state index contributed by atoms with van der Waals surface area (Å²) in [5.74, 6) is 0. The van der Waals surface area contributed by atoms with Gasteiger partial charge in [-0.2, -0.15) is 0 Å². The van der Waals surface area contributed by atoms with Crippen LogP contribution in [-0.2, 0) is 4.74 Å². The normalized spacial score (nSPS) is 10.6. The molecule has 0 bridgehead atoms. The third-order valence-corrected chi connectivity index (χ3v) is 2.27. The lowest BCUT2D eigenvalue weighted by Gasteiger charge is -1.98. The van der Waals surface area contributed by atoms with Gasteiger partial charge in [0, 0.05) is 9.50 Å². The first-order valence-electron chi connectivity index (χ1n) is 3.38. The number of ether oxygens (including phenoxy) is 1. The molecule has 0 aromatic heterocycles. The Morgan fingerprint density at radius 2 is 2.25 bits per heavy atom. The second-order valence-electron chi connectivity index (χ2n) is 2.20. The maximum Gasteiger partial charge on any atom is 0.0830 e. The van der Waals surface area contributed by atoms with Gasteiger partial charge in [0.15, 0.2) is 0 Å². The fourth-order valence-electron chi connectivity index (χ4n) is 0.778. The van der Waals surface area contributed by atoms with Gasteiger partial charge in [-0.3, -0.25) is 0 Å². The number of methoxy groups -OCH3 is 1. The van der Waals surface area contributed by atoms with Crippen molar-refractivity contribution in [3.8, 4) is 0 Å². The van der Waals surface area contributed by atoms with Crippen molar-refractivity contribution in [1.29, 1.82) is 0 Å². The van der Waals surface area contributed by atoms with Gasteiger partial charge < -0.3 is 4.74 Å². The highest BCUT2D eigenvalue weighted by Crippen LogP contribution is 2.22. The van der Waals surface area contributed by atoms with Gasteiger partial charge in [0.25, 0.3) is 0 Å². The first-order valence-corrected chi connectivity index (χ1v) is 4.55. The second kappa shape index (κ2) is 4.53. The third kappa shape index (κ3) is 2.54.